The van der Waals surface area contributed by atoms with Gasteiger partial charge in [-0.15, -0.1) is 11.8 Å². The largest absolute Gasteiger partial charge is 0.416 e. The molecule has 1 N–H and O–H groups in total. The third-order valence-corrected chi connectivity index (χ3v) is 6.30. The summed E-state index contributed by atoms with van der Waals surface area (Å²) >= 11 is 1.14. The number of carbonyl (C=O) groups is 1. The number of amides is 1. The second kappa shape index (κ2) is 9.82. The molecule has 7 nitrogen and oxygen atoms in total. The number of hydrogen-bond acceptors (Lipinski definition) is 5. The first kappa shape index (κ1) is 24.6. The predicted molar refractivity (Wildman–Crippen MR) is 122 cm³/mol. The third kappa shape index (κ3) is 5.29. The van der Waals surface area contributed by atoms with Crippen LogP contribution >= 0.6 is 11.8 Å². The number of anilines is 1. The summed E-state index contributed by atoms with van der Waals surface area (Å²) < 4.78 is 40.4. The van der Waals surface area contributed by atoms with Crippen LogP contribution in [0.1, 0.15) is 30.9 Å². The van der Waals surface area contributed by atoms with Gasteiger partial charge in [-0.3, -0.25) is 18.7 Å². The minimum absolute atomic E-state index is 0.0781. The van der Waals surface area contributed by atoms with E-state index >= 15 is 0 Å². The standard InChI is InChI=1S/C22H23F3N4O3S/c1-4-5-6-13-11-26-19-17(20(31)29(3)21(32)28(19)2)18(13)33-12-16(30)27-15-9-7-14(8-10-15)22(23,24)25/h7-11H,4-6,12H2,1-3H3,(H,27,30). The van der Waals surface area contributed by atoms with E-state index in [1.54, 1.807) is 6.20 Å². The number of hydrogen-bond donors (Lipinski definition) is 1. The van der Waals surface area contributed by atoms with Crippen LogP contribution in [0.4, 0.5) is 18.9 Å². The summed E-state index contributed by atoms with van der Waals surface area (Å²) in [6.07, 6.45) is -0.421. The Labute approximate surface area is 191 Å². The number of pyridine rings is 1. The second-order valence-electron chi connectivity index (χ2n) is 7.53. The molecule has 0 spiro atoms. The van der Waals surface area contributed by atoms with Gasteiger partial charge in [0.2, 0.25) is 5.91 Å². The first-order chi connectivity index (χ1) is 15.5. The van der Waals surface area contributed by atoms with E-state index in [9.17, 15) is 27.6 Å². The zero-order chi connectivity index (χ0) is 24.3. The number of nitrogens with one attached hydrogen (secondary N) is 1. The van der Waals surface area contributed by atoms with Crippen LogP contribution in [0, 0.1) is 0 Å². The minimum atomic E-state index is -4.46. The quantitative estimate of drug-likeness (QED) is 0.521. The van der Waals surface area contributed by atoms with Crippen molar-refractivity contribution in [1.29, 1.82) is 0 Å². The molecule has 3 rings (SSSR count). The van der Waals surface area contributed by atoms with Gasteiger partial charge in [-0.05, 0) is 42.7 Å². The zero-order valence-electron chi connectivity index (χ0n) is 18.3. The van der Waals surface area contributed by atoms with Gasteiger partial charge in [-0.1, -0.05) is 13.3 Å². The van der Waals surface area contributed by atoms with Crippen LogP contribution in [0.2, 0.25) is 0 Å². The molecule has 33 heavy (non-hydrogen) atoms. The van der Waals surface area contributed by atoms with E-state index in [2.05, 4.69) is 10.3 Å². The van der Waals surface area contributed by atoms with Gasteiger partial charge >= 0.3 is 11.9 Å². The van der Waals surface area contributed by atoms with E-state index in [4.69, 9.17) is 0 Å². The monoisotopic (exact) mass is 480 g/mol. The first-order valence-electron chi connectivity index (χ1n) is 10.2. The Kier molecular flexibility index (Phi) is 7.31. The number of fused-ring (bicyclic) bond motifs is 1. The molecule has 11 heteroatoms. The number of rotatable bonds is 7. The number of halogens is 3. The molecular weight excluding hydrogens is 457 g/mol. The number of unbranched alkanes of at least 4 members (excludes halogenated alkanes) is 1. The van der Waals surface area contributed by atoms with Crippen LogP contribution in [0.25, 0.3) is 11.0 Å². The summed E-state index contributed by atoms with van der Waals surface area (Å²) in [5.74, 6) is -0.515. The zero-order valence-corrected chi connectivity index (χ0v) is 19.1. The molecule has 0 aliphatic rings. The number of benzene rings is 1. The molecule has 3 aromatic rings. The fraction of sp³-hybridized carbons (Fsp3) is 0.364. The van der Waals surface area contributed by atoms with Gasteiger partial charge < -0.3 is 5.32 Å². The summed E-state index contributed by atoms with van der Waals surface area (Å²) in [5.41, 5.74) is -0.541. The lowest BCUT2D eigenvalue weighted by Crippen LogP contribution is -2.37. The molecule has 2 heterocycles. The van der Waals surface area contributed by atoms with E-state index in [0.29, 0.717) is 11.3 Å². The van der Waals surface area contributed by atoms with Crippen molar-refractivity contribution in [2.45, 2.75) is 37.3 Å². The molecule has 0 aliphatic heterocycles. The average molecular weight is 481 g/mol. The molecule has 0 saturated heterocycles. The van der Waals surface area contributed by atoms with Gasteiger partial charge in [0.25, 0.3) is 5.56 Å². The van der Waals surface area contributed by atoms with Crippen molar-refractivity contribution in [1.82, 2.24) is 14.1 Å². The van der Waals surface area contributed by atoms with Crippen molar-refractivity contribution >= 4 is 34.4 Å². The molecule has 0 saturated carbocycles. The Bertz CT molecular complexity index is 1300. The van der Waals surface area contributed by atoms with Crippen LogP contribution < -0.4 is 16.6 Å². The lowest BCUT2D eigenvalue weighted by atomic mass is 10.1. The maximum Gasteiger partial charge on any atom is 0.416 e. The van der Waals surface area contributed by atoms with Gasteiger partial charge in [-0.2, -0.15) is 13.2 Å². The Morgan fingerprint density at radius 2 is 1.79 bits per heavy atom. The van der Waals surface area contributed by atoms with Gasteiger partial charge in [0, 0.05) is 30.9 Å². The fourth-order valence-electron chi connectivity index (χ4n) is 3.33. The highest BCUT2D eigenvalue weighted by atomic mass is 32.2. The van der Waals surface area contributed by atoms with Gasteiger partial charge in [0.1, 0.15) is 5.65 Å². The molecule has 176 valence electrons. The molecule has 0 unspecified atom stereocenters. The third-order valence-electron chi connectivity index (χ3n) is 5.14. The Balaban J connectivity index is 1.90. The number of aryl methyl sites for hydroxylation is 2. The maximum atomic E-state index is 12.9. The van der Waals surface area contributed by atoms with Crippen LogP contribution in [0.5, 0.6) is 0 Å². The van der Waals surface area contributed by atoms with Crippen LogP contribution in [-0.4, -0.2) is 25.8 Å². The molecule has 0 bridgehead atoms. The number of carbonyl (C=O) groups excluding carboxylic acids is 1. The fourth-order valence-corrected chi connectivity index (χ4v) is 4.34. The number of aromatic nitrogens is 3. The number of thioether (sulfide) groups is 1. The highest BCUT2D eigenvalue weighted by molar-refractivity contribution is 8.00. The molecule has 0 atom stereocenters. The molecule has 1 amide bonds. The van der Waals surface area contributed by atoms with E-state index in [1.807, 2.05) is 6.92 Å². The van der Waals surface area contributed by atoms with Crippen molar-refractivity contribution in [3.63, 3.8) is 0 Å². The second-order valence-corrected chi connectivity index (χ2v) is 8.52. The van der Waals surface area contributed by atoms with E-state index in [-0.39, 0.29) is 22.5 Å². The van der Waals surface area contributed by atoms with E-state index < -0.39 is 28.9 Å². The van der Waals surface area contributed by atoms with Crippen molar-refractivity contribution in [2.24, 2.45) is 14.1 Å². The van der Waals surface area contributed by atoms with E-state index in [1.165, 1.54) is 30.8 Å². The average Bonchev–Trinajstić information content (AvgIpc) is 2.78. The van der Waals surface area contributed by atoms with Gasteiger partial charge in [-0.25, -0.2) is 9.78 Å². The lowest BCUT2D eigenvalue weighted by molar-refractivity contribution is -0.137. The van der Waals surface area contributed by atoms with Crippen molar-refractivity contribution in [3.05, 3.63) is 62.4 Å². The SMILES string of the molecule is CCCCc1cnc2c(c1SCC(=O)Nc1ccc(C(F)(F)F)cc1)c(=O)n(C)c(=O)n2C. The minimum Gasteiger partial charge on any atom is -0.325 e. The van der Waals surface area contributed by atoms with Crippen molar-refractivity contribution in [3.8, 4) is 0 Å². The lowest BCUT2D eigenvalue weighted by Gasteiger charge is -2.14. The summed E-state index contributed by atoms with van der Waals surface area (Å²) in [5, 5.41) is 2.83. The highest BCUT2D eigenvalue weighted by Crippen LogP contribution is 2.31. The molecule has 0 radical (unpaired) electrons. The smallest absolute Gasteiger partial charge is 0.325 e. The Hall–Kier alpha value is -3.08. The maximum absolute atomic E-state index is 12.9. The summed E-state index contributed by atoms with van der Waals surface area (Å²) in [7, 11) is 2.91. The summed E-state index contributed by atoms with van der Waals surface area (Å²) in [6.45, 7) is 2.03. The van der Waals surface area contributed by atoms with Gasteiger partial charge in [0.15, 0.2) is 0 Å². The summed E-state index contributed by atoms with van der Waals surface area (Å²) in [6, 6.07) is 4.16. The molecule has 2 aromatic heterocycles. The highest BCUT2D eigenvalue weighted by Gasteiger charge is 2.30. The summed E-state index contributed by atoms with van der Waals surface area (Å²) in [4.78, 5) is 42.6. The van der Waals surface area contributed by atoms with Crippen LogP contribution in [-0.2, 0) is 31.5 Å². The Morgan fingerprint density at radius 1 is 1.12 bits per heavy atom. The molecular formula is C22H23F3N4O3S. The topological polar surface area (TPSA) is 86.0 Å². The van der Waals surface area contributed by atoms with E-state index in [0.717, 1.165) is 46.9 Å². The normalized spacial score (nSPS) is 11.7. The predicted octanol–water partition coefficient (Wildman–Crippen LogP) is 3.72. The first-order valence-corrected chi connectivity index (χ1v) is 11.2. The molecule has 0 fully saturated rings. The number of nitrogens with zero attached hydrogens (tertiary/aromatic N) is 3. The van der Waals surface area contributed by atoms with Crippen molar-refractivity contribution < 1.29 is 18.0 Å². The van der Waals surface area contributed by atoms with Gasteiger partial charge in [0.05, 0.1) is 16.7 Å². The molecule has 1 aromatic carbocycles. The van der Waals surface area contributed by atoms with Crippen LogP contribution in [0.3, 0.4) is 0 Å². The Morgan fingerprint density at radius 3 is 2.39 bits per heavy atom. The van der Waals surface area contributed by atoms with Crippen LogP contribution in [0.15, 0.2) is 44.9 Å². The molecule has 0 aliphatic carbocycles. The number of alkyl halides is 3. The van der Waals surface area contributed by atoms with Crippen molar-refractivity contribution in [2.75, 3.05) is 11.1 Å².